The summed E-state index contributed by atoms with van der Waals surface area (Å²) < 4.78 is 1.40. The van der Waals surface area contributed by atoms with Crippen LogP contribution in [0.5, 0.6) is 0 Å². The molecular formula is C21H17N7O7S3. The summed E-state index contributed by atoms with van der Waals surface area (Å²) in [6.45, 7) is 1.74. The Kier molecular flexibility index (Phi) is 6.58. The number of aryl methyl sites for hydroxylation is 1. The number of nitrogens with one attached hydrogen (secondary N) is 1. The van der Waals surface area contributed by atoms with Crippen LogP contribution in [0.4, 0.5) is 5.13 Å². The third-order valence-electron chi connectivity index (χ3n) is 5.75. The molecule has 2 aliphatic heterocycles. The SMILES string of the molecule is Cc1cc(SCC2=C(C(=O)O)N3C(=O)[C@@H](NC(=O)C(=O)c4csc(N)n4)[C@H]3SC2)nc2c(C(=O)O)cnn12. The van der Waals surface area contributed by atoms with E-state index in [0.717, 1.165) is 16.2 Å². The topological polar surface area (TPSA) is 210 Å². The molecule has 0 saturated carbocycles. The van der Waals surface area contributed by atoms with E-state index in [4.69, 9.17) is 5.73 Å². The van der Waals surface area contributed by atoms with Gasteiger partial charge in [-0.3, -0.25) is 19.3 Å². The first kappa shape index (κ1) is 25.7. The van der Waals surface area contributed by atoms with Crippen molar-refractivity contribution in [1.29, 1.82) is 0 Å². The molecule has 3 aromatic heterocycles. The molecule has 1 saturated heterocycles. The molecule has 2 amide bonds. The van der Waals surface area contributed by atoms with Gasteiger partial charge in [0, 0.05) is 22.6 Å². The number of β-lactam (4-membered cyclic amide) rings is 1. The van der Waals surface area contributed by atoms with Crippen molar-refractivity contribution in [3.63, 3.8) is 0 Å². The van der Waals surface area contributed by atoms with Crippen molar-refractivity contribution in [3.8, 4) is 0 Å². The van der Waals surface area contributed by atoms with E-state index in [1.54, 1.807) is 13.0 Å². The molecule has 0 unspecified atom stereocenters. The van der Waals surface area contributed by atoms with E-state index in [9.17, 15) is 34.2 Å². The number of carbonyl (C=O) groups is 5. The van der Waals surface area contributed by atoms with Gasteiger partial charge in [0.25, 0.3) is 17.6 Å². The van der Waals surface area contributed by atoms with E-state index >= 15 is 0 Å². The van der Waals surface area contributed by atoms with Gasteiger partial charge in [-0.2, -0.15) is 5.10 Å². The van der Waals surface area contributed by atoms with Gasteiger partial charge in [0.2, 0.25) is 0 Å². The number of anilines is 1. The quantitative estimate of drug-likeness (QED) is 0.0948. The molecule has 38 heavy (non-hydrogen) atoms. The van der Waals surface area contributed by atoms with Gasteiger partial charge in [0.15, 0.2) is 10.8 Å². The van der Waals surface area contributed by atoms with Crippen molar-refractivity contribution in [2.45, 2.75) is 23.4 Å². The fourth-order valence-corrected chi connectivity index (χ4v) is 6.96. The summed E-state index contributed by atoms with van der Waals surface area (Å²) >= 11 is 3.45. The molecule has 3 aromatic rings. The number of nitrogen functional groups attached to an aromatic ring is 1. The second kappa shape index (κ2) is 9.73. The monoisotopic (exact) mass is 575 g/mol. The summed E-state index contributed by atoms with van der Waals surface area (Å²) in [4.78, 5) is 70.3. The average molecular weight is 576 g/mol. The molecule has 0 aliphatic carbocycles. The number of aromatic carboxylic acids is 1. The summed E-state index contributed by atoms with van der Waals surface area (Å²) in [5.41, 5.74) is 6.37. The second-order valence-electron chi connectivity index (χ2n) is 8.14. The Labute approximate surface area is 225 Å². The van der Waals surface area contributed by atoms with Gasteiger partial charge in [-0.25, -0.2) is 24.1 Å². The normalized spacial score (nSPS) is 18.8. The molecule has 2 atom stereocenters. The van der Waals surface area contributed by atoms with Crippen molar-refractivity contribution in [3.05, 3.63) is 45.9 Å². The van der Waals surface area contributed by atoms with Crippen molar-refractivity contribution in [1.82, 2.24) is 29.8 Å². The van der Waals surface area contributed by atoms with Crippen molar-refractivity contribution >= 4 is 75.2 Å². The number of aliphatic carboxylic acids is 1. The number of nitrogens with zero attached hydrogens (tertiary/aromatic N) is 5. The number of carboxylic acids is 2. The Morgan fingerprint density at radius 2 is 2.00 bits per heavy atom. The summed E-state index contributed by atoms with van der Waals surface area (Å²) in [5, 5.41) is 26.9. The van der Waals surface area contributed by atoms with Gasteiger partial charge in [0.1, 0.15) is 33.4 Å². The standard InChI is InChI=1S/C21H17N7O7S3/c1-7-2-11(25-15-9(19(32)33)3-23-28(7)15)36-4-8-5-37-18-12(17(31)27(18)13(8)20(34)35)26-16(30)14(29)10-6-38-21(22)24-10/h2-3,6,12,18H,4-5H2,1H3,(H2,22,24)(H,26,30)(H,32,33)(H,34,35)/t12-,18-/m1/s1. The highest BCUT2D eigenvalue weighted by atomic mass is 32.2. The fraction of sp³-hybridized carbons (Fsp3) is 0.238. The van der Waals surface area contributed by atoms with E-state index in [2.05, 4.69) is 20.4 Å². The molecule has 2 aliphatic rings. The zero-order valence-corrected chi connectivity index (χ0v) is 21.7. The molecule has 0 bridgehead atoms. The third-order valence-corrected chi connectivity index (χ3v) is 8.76. The lowest BCUT2D eigenvalue weighted by Gasteiger charge is -2.49. The smallest absolute Gasteiger partial charge is 0.352 e. The number of carbonyl (C=O) groups excluding carboxylic acids is 3. The van der Waals surface area contributed by atoms with E-state index < -0.39 is 41.0 Å². The van der Waals surface area contributed by atoms with Crippen LogP contribution in [-0.4, -0.2) is 87.2 Å². The predicted octanol–water partition coefficient (Wildman–Crippen LogP) is 0.488. The Bertz CT molecular complexity index is 1580. The zero-order chi connectivity index (χ0) is 27.3. The van der Waals surface area contributed by atoms with Crippen LogP contribution in [0.3, 0.4) is 0 Å². The number of Topliss-reactive ketones (excluding diaryl/α,β-unsaturated/α-hetero) is 1. The minimum Gasteiger partial charge on any atom is -0.477 e. The first-order valence-electron chi connectivity index (χ1n) is 10.7. The Morgan fingerprint density at radius 3 is 2.66 bits per heavy atom. The summed E-state index contributed by atoms with van der Waals surface area (Å²) in [6, 6.07) is 0.627. The maximum Gasteiger partial charge on any atom is 0.352 e. The van der Waals surface area contributed by atoms with E-state index in [1.165, 1.54) is 39.6 Å². The van der Waals surface area contributed by atoms with Crippen molar-refractivity contribution in [2.24, 2.45) is 0 Å². The lowest BCUT2D eigenvalue weighted by atomic mass is 10.0. The molecule has 0 aromatic carbocycles. The Morgan fingerprint density at radius 1 is 1.24 bits per heavy atom. The van der Waals surface area contributed by atoms with Crippen LogP contribution in [0.15, 0.2) is 33.9 Å². The molecule has 5 rings (SSSR count). The third kappa shape index (κ3) is 4.37. The van der Waals surface area contributed by atoms with Crippen LogP contribution < -0.4 is 11.1 Å². The number of thioether (sulfide) groups is 2. The van der Waals surface area contributed by atoms with Crippen LogP contribution in [0.1, 0.15) is 26.5 Å². The minimum atomic E-state index is -1.30. The summed E-state index contributed by atoms with van der Waals surface area (Å²) in [5.74, 6) is -4.68. The molecule has 1 fully saturated rings. The maximum atomic E-state index is 12.9. The molecule has 0 radical (unpaired) electrons. The number of carboxylic acid groups (broad SMARTS) is 2. The number of thiazole rings is 1. The lowest BCUT2D eigenvalue weighted by Crippen LogP contribution is -2.71. The first-order chi connectivity index (χ1) is 18.1. The van der Waals surface area contributed by atoms with Gasteiger partial charge in [-0.05, 0) is 18.6 Å². The number of hydrogen-bond donors (Lipinski definition) is 4. The van der Waals surface area contributed by atoms with E-state index in [-0.39, 0.29) is 39.2 Å². The summed E-state index contributed by atoms with van der Waals surface area (Å²) in [6.07, 6.45) is 1.21. The predicted molar refractivity (Wildman–Crippen MR) is 136 cm³/mol. The van der Waals surface area contributed by atoms with Crippen molar-refractivity contribution in [2.75, 3.05) is 17.2 Å². The lowest BCUT2D eigenvalue weighted by molar-refractivity contribution is -0.150. The van der Waals surface area contributed by atoms with Gasteiger partial charge in [0.05, 0.1) is 6.20 Å². The zero-order valence-electron chi connectivity index (χ0n) is 19.3. The molecule has 14 nitrogen and oxygen atoms in total. The maximum absolute atomic E-state index is 12.9. The second-order valence-corrected chi connectivity index (χ2v) is 11.1. The Balaban J connectivity index is 1.32. The molecule has 5 heterocycles. The Hall–Kier alpha value is -3.96. The average Bonchev–Trinajstić information content (AvgIpc) is 3.51. The highest BCUT2D eigenvalue weighted by molar-refractivity contribution is 8.01. The van der Waals surface area contributed by atoms with Crippen LogP contribution in [0.25, 0.3) is 5.65 Å². The number of fused-ring (bicyclic) bond motifs is 2. The molecular weight excluding hydrogens is 558 g/mol. The highest BCUT2D eigenvalue weighted by Crippen LogP contribution is 2.41. The van der Waals surface area contributed by atoms with E-state index in [1.807, 2.05) is 0 Å². The van der Waals surface area contributed by atoms with E-state index in [0.29, 0.717) is 16.3 Å². The number of hydrogen-bond acceptors (Lipinski definition) is 12. The molecule has 196 valence electrons. The molecule has 5 N–H and O–H groups in total. The number of aromatic nitrogens is 4. The van der Waals surface area contributed by atoms with Crippen LogP contribution in [-0.2, 0) is 14.4 Å². The minimum absolute atomic E-state index is 0.0620. The van der Waals surface area contributed by atoms with Crippen molar-refractivity contribution < 1.29 is 34.2 Å². The highest BCUT2D eigenvalue weighted by Gasteiger charge is 2.54. The van der Waals surface area contributed by atoms with Gasteiger partial charge >= 0.3 is 11.9 Å². The largest absolute Gasteiger partial charge is 0.477 e. The number of amides is 2. The van der Waals surface area contributed by atoms with Crippen LogP contribution >= 0.6 is 34.9 Å². The van der Waals surface area contributed by atoms with Crippen LogP contribution in [0.2, 0.25) is 0 Å². The fourth-order valence-electron chi connectivity index (χ4n) is 3.98. The number of ketones is 1. The number of rotatable bonds is 8. The van der Waals surface area contributed by atoms with Crippen LogP contribution in [0, 0.1) is 6.92 Å². The van der Waals surface area contributed by atoms with Gasteiger partial charge in [-0.1, -0.05) is 0 Å². The molecule has 0 spiro atoms. The first-order valence-corrected chi connectivity index (χ1v) is 13.7. The molecule has 17 heteroatoms. The summed E-state index contributed by atoms with van der Waals surface area (Å²) in [7, 11) is 0. The van der Waals surface area contributed by atoms with Gasteiger partial charge in [-0.15, -0.1) is 34.9 Å². The number of nitrogens with two attached hydrogens (primary N) is 1. The van der Waals surface area contributed by atoms with Gasteiger partial charge < -0.3 is 21.3 Å².